The Bertz CT molecular complexity index is 389. The third-order valence-electron chi connectivity index (χ3n) is 1.94. The van der Waals surface area contributed by atoms with Crippen LogP contribution in [0.1, 0.15) is 6.42 Å². The Hall–Kier alpha value is -2.12. The summed E-state index contributed by atoms with van der Waals surface area (Å²) in [6, 6.07) is -0.419. The number of aromatic nitrogens is 3. The van der Waals surface area contributed by atoms with Gasteiger partial charge in [-0.25, -0.2) is 9.48 Å². The van der Waals surface area contributed by atoms with Crippen LogP contribution in [0.3, 0.4) is 0 Å². The van der Waals surface area contributed by atoms with Crippen molar-refractivity contribution in [1.29, 1.82) is 0 Å². The van der Waals surface area contributed by atoms with E-state index in [-0.39, 0.29) is 13.0 Å². The predicted octanol–water partition coefficient (Wildman–Crippen LogP) is -0.247. The lowest BCUT2D eigenvalue weighted by Gasteiger charge is -2.15. The molecule has 2 N–H and O–H groups in total. The highest BCUT2D eigenvalue weighted by molar-refractivity contribution is 5.87. The zero-order valence-electron chi connectivity index (χ0n) is 9.04. The molecule has 2 amide bonds. The van der Waals surface area contributed by atoms with Crippen molar-refractivity contribution in [3.8, 4) is 0 Å². The van der Waals surface area contributed by atoms with Crippen LogP contribution in [-0.4, -0.2) is 50.4 Å². The Labute approximate surface area is 91.9 Å². The third kappa shape index (κ3) is 3.23. The molecule has 88 valence electrons. The number of carbonyl (C=O) groups excluding carboxylic acids is 1. The van der Waals surface area contributed by atoms with Gasteiger partial charge in [-0.15, -0.1) is 0 Å². The quantitative estimate of drug-likeness (QED) is 0.739. The maximum atomic E-state index is 11.5. The number of nitrogens with zero attached hydrogens (tertiary/aromatic N) is 4. The van der Waals surface area contributed by atoms with Gasteiger partial charge in [0.2, 0.25) is 5.95 Å². The minimum Gasteiger partial charge on any atom is -0.481 e. The fourth-order valence-electron chi connectivity index (χ4n) is 0.965. The fraction of sp³-hybridized carbons (Fsp3) is 0.500. The number of carboxylic acid groups (broad SMARTS) is 1. The minimum absolute atomic E-state index is 0.0945. The first kappa shape index (κ1) is 12.0. The minimum atomic E-state index is -0.946. The molecule has 8 heteroatoms. The van der Waals surface area contributed by atoms with E-state index in [0.29, 0.717) is 5.95 Å². The highest BCUT2D eigenvalue weighted by Crippen LogP contribution is 2.00. The summed E-state index contributed by atoms with van der Waals surface area (Å²) < 4.78 is 1.41. The number of amides is 2. The Kier molecular flexibility index (Phi) is 3.81. The number of hydrogen-bond acceptors (Lipinski definition) is 4. The summed E-state index contributed by atoms with van der Waals surface area (Å²) in [5.74, 6) is -0.634. The van der Waals surface area contributed by atoms with Gasteiger partial charge < -0.3 is 10.0 Å². The topological polar surface area (TPSA) is 100 Å². The van der Waals surface area contributed by atoms with Gasteiger partial charge >= 0.3 is 12.0 Å². The summed E-state index contributed by atoms with van der Waals surface area (Å²) in [7, 11) is 3.15. The average molecular weight is 227 g/mol. The number of urea groups is 1. The number of nitrogens with one attached hydrogen (secondary N) is 1. The van der Waals surface area contributed by atoms with Crippen molar-refractivity contribution in [2.75, 3.05) is 18.9 Å². The molecule has 1 aromatic rings. The predicted molar refractivity (Wildman–Crippen MR) is 54.9 cm³/mol. The van der Waals surface area contributed by atoms with Crippen molar-refractivity contribution in [2.45, 2.75) is 6.42 Å². The van der Waals surface area contributed by atoms with Crippen LogP contribution >= 0.6 is 0 Å². The normalized spacial score (nSPS) is 9.88. The van der Waals surface area contributed by atoms with Crippen LogP contribution in [-0.2, 0) is 11.8 Å². The van der Waals surface area contributed by atoms with Crippen LogP contribution in [0.5, 0.6) is 0 Å². The molecule has 8 nitrogen and oxygen atoms in total. The standard InChI is InChI=1S/C8H13N5O3/c1-12(4-3-6(14)15)8(16)11-7-9-5-10-13(7)2/h5H,3-4H2,1-2H3,(H,14,15)(H,9,10,11,16). The Morgan fingerprint density at radius 2 is 2.31 bits per heavy atom. The molecule has 0 saturated carbocycles. The molecule has 0 bridgehead atoms. The van der Waals surface area contributed by atoms with E-state index >= 15 is 0 Å². The van der Waals surface area contributed by atoms with Gasteiger partial charge in [-0.1, -0.05) is 0 Å². The first-order valence-electron chi connectivity index (χ1n) is 4.58. The monoisotopic (exact) mass is 227 g/mol. The Morgan fingerprint density at radius 3 is 2.81 bits per heavy atom. The lowest BCUT2D eigenvalue weighted by Crippen LogP contribution is -2.33. The first-order valence-corrected chi connectivity index (χ1v) is 4.58. The van der Waals surface area contributed by atoms with Gasteiger partial charge in [0, 0.05) is 20.6 Å². The van der Waals surface area contributed by atoms with Crippen LogP contribution in [0.2, 0.25) is 0 Å². The molecule has 0 radical (unpaired) electrons. The van der Waals surface area contributed by atoms with Crippen molar-refractivity contribution >= 4 is 17.9 Å². The van der Waals surface area contributed by atoms with Gasteiger partial charge in [0.25, 0.3) is 0 Å². The summed E-state index contributed by atoms with van der Waals surface area (Å²) in [6.45, 7) is 0.138. The maximum absolute atomic E-state index is 11.5. The van der Waals surface area contributed by atoms with Gasteiger partial charge in [0.05, 0.1) is 6.42 Å². The average Bonchev–Trinajstić information content (AvgIpc) is 2.60. The van der Waals surface area contributed by atoms with Gasteiger partial charge in [-0.3, -0.25) is 10.1 Å². The molecule has 0 aliphatic carbocycles. The molecule has 16 heavy (non-hydrogen) atoms. The molecule has 1 heterocycles. The maximum Gasteiger partial charge on any atom is 0.323 e. The van der Waals surface area contributed by atoms with Crippen molar-refractivity contribution in [1.82, 2.24) is 19.7 Å². The summed E-state index contributed by atoms with van der Waals surface area (Å²) >= 11 is 0. The van der Waals surface area contributed by atoms with Crippen LogP contribution in [0.25, 0.3) is 0 Å². The van der Waals surface area contributed by atoms with Crippen molar-refractivity contribution in [2.24, 2.45) is 7.05 Å². The third-order valence-corrected chi connectivity index (χ3v) is 1.94. The van der Waals surface area contributed by atoms with E-state index in [4.69, 9.17) is 5.11 Å². The van der Waals surface area contributed by atoms with E-state index < -0.39 is 12.0 Å². The summed E-state index contributed by atoms with van der Waals surface area (Å²) in [5.41, 5.74) is 0. The SMILES string of the molecule is CN(CCC(=O)O)C(=O)Nc1ncnn1C. The van der Waals surface area contributed by atoms with Crippen molar-refractivity contribution in [3.63, 3.8) is 0 Å². The molecule has 0 aliphatic rings. The zero-order chi connectivity index (χ0) is 12.1. The van der Waals surface area contributed by atoms with Gasteiger partial charge in [0.15, 0.2) is 0 Å². The van der Waals surface area contributed by atoms with E-state index in [0.717, 1.165) is 0 Å². The van der Waals surface area contributed by atoms with E-state index in [1.165, 1.54) is 23.0 Å². The second-order valence-corrected chi connectivity index (χ2v) is 3.20. The van der Waals surface area contributed by atoms with Crippen molar-refractivity contribution in [3.05, 3.63) is 6.33 Å². The molecule has 1 rings (SSSR count). The molecule has 1 aromatic heterocycles. The van der Waals surface area contributed by atoms with Gasteiger partial charge in [0.1, 0.15) is 6.33 Å². The number of aliphatic carboxylic acids is 1. The van der Waals surface area contributed by atoms with Crippen LogP contribution in [0.4, 0.5) is 10.7 Å². The van der Waals surface area contributed by atoms with E-state index in [1.54, 1.807) is 7.05 Å². The number of carboxylic acids is 1. The molecule has 0 fully saturated rings. The van der Waals surface area contributed by atoms with E-state index in [9.17, 15) is 9.59 Å². The smallest absolute Gasteiger partial charge is 0.323 e. The Morgan fingerprint density at radius 1 is 1.62 bits per heavy atom. The van der Waals surface area contributed by atoms with Crippen LogP contribution < -0.4 is 5.32 Å². The first-order chi connectivity index (χ1) is 7.50. The number of hydrogen-bond donors (Lipinski definition) is 2. The van der Waals surface area contributed by atoms with Crippen LogP contribution in [0, 0.1) is 0 Å². The lowest BCUT2D eigenvalue weighted by molar-refractivity contribution is -0.137. The van der Waals surface area contributed by atoms with Crippen LogP contribution in [0.15, 0.2) is 6.33 Å². The summed E-state index contributed by atoms with van der Waals surface area (Å²) in [5, 5.41) is 14.7. The zero-order valence-corrected chi connectivity index (χ0v) is 9.04. The lowest BCUT2D eigenvalue weighted by atomic mass is 10.4. The largest absolute Gasteiger partial charge is 0.481 e. The molecule has 0 aromatic carbocycles. The molecular formula is C8H13N5O3. The highest BCUT2D eigenvalue weighted by Gasteiger charge is 2.12. The molecule has 0 atom stereocenters. The number of carbonyl (C=O) groups is 2. The molecule has 0 aliphatic heterocycles. The number of aryl methyl sites for hydroxylation is 1. The second-order valence-electron chi connectivity index (χ2n) is 3.20. The van der Waals surface area contributed by atoms with Crippen molar-refractivity contribution < 1.29 is 14.7 Å². The van der Waals surface area contributed by atoms with Gasteiger partial charge in [-0.2, -0.15) is 10.1 Å². The van der Waals surface area contributed by atoms with Gasteiger partial charge in [-0.05, 0) is 0 Å². The highest BCUT2D eigenvalue weighted by atomic mass is 16.4. The second kappa shape index (κ2) is 5.10. The molecule has 0 unspecified atom stereocenters. The molecular weight excluding hydrogens is 214 g/mol. The number of rotatable bonds is 4. The van der Waals surface area contributed by atoms with E-state index in [2.05, 4.69) is 15.4 Å². The summed E-state index contributed by atoms with van der Waals surface area (Å²) in [6.07, 6.45) is 1.22. The molecule has 0 saturated heterocycles. The fourth-order valence-corrected chi connectivity index (χ4v) is 0.965. The summed E-state index contributed by atoms with van der Waals surface area (Å²) in [4.78, 5) is 26.9. The van der Waals surface area contributed by atoms with E-state index in [1.807, 2.05) is 0 Å². The molecule has 0 spiro atoms. The number of anilines is 1. The Balaban J connectivity index is 2.46.